The smallest absolute Gasteiger partial charge is 0.191 e. The Morgan fingerprint density at radius 3 is 2.59 bits per heavy atom. The number of hydrogen-bond acceptors (Lipinski definition) is 5. The molecule has 0 radical (unpaired) electrons. The van der Waals surface area contributed by atoms with Crippen molar-refractivity contribution in [2.45, 2.75) is 32.5 Å². The minimum absolute atomic E-state index is 0.105. The van der Waals surface area contributed by atoms with Gasteiger partial charge in [0.15, 0.2) is 16.8 Å². The first-order valence-electron chi connectivity index (χ1n) is 9.47. The van der Waals surface area contributed by atoms with Crippen molar-refractivity contribution in [1.29, 1.82) is 0 Å². The van der Waals surface area contributed by atoms with Gasteiger partial charge in [-0.3, -0.25) is 4.79 Å². The van der Waals surface area contributed by atoms with Gasteiger partial charge in [-0.05, 0) is 50.4 Å². The number of thioether (sulfide) groups is 1. The Balaban J connectivity index is 1.54. The van der Waals surface area contributed by atoms with E-state index in [0.717, 1.165) is 45.0 Å². The van der Waals surface area contributed by atoms with Gasteiger partial charge in [0.25, 0.3) is 0 Å². The van der Waals surface area contributed by atoms with Gasteiger partial charge in [0.2, 0.25) is 0 Å². The third-order valence-electron chi connectivity index (χ3n) is 4.85. The summed E-state index contributed by atoms with van der Waals surface area (Å²) in [5.41, 5.74) is 3.86. The number of aryl methyl sites for hydroxylation is 1. The van der Waals surface area contributed by atoms with E-state index in [1.807, 2.05) is 55.6 Å². The first-order chi connectivity index (χ1) is 14.1. The van der Waals surface area contributed by atoms with E-state index in [2.05, 4.69) is 38.4 Å². The van der Waals surface area contributed by atoms with Gasteiger partial charge in [-0.15, -0.1) is 21.5 Å². The SMILES string of the molecule is CCn1c(SCC(=O)c2cc(C)n(-c3ccccc3)c2C)nnc1-c1cccs1. The Kier molecular flexibility index (Phi) is 5.69. The van der Waals surface area contributed by atoms with E-state index in [0.29, 0.717) is 5.75 Å². The molecule has 0 fully saturated rings. The van der Waals surface area contributed by atoms with Crippen LogP contribution in [0.5, 0.6) is 0 Å². The highest BCUT2D eigenvalue weighted by atomic mass is 32.2. The molecule has 4 rings (SSSR count). The molecule has 4 aromatic rings. The summed E-state index contributed by atoms with van der Waals surface area (Å²) in [6.45, 7) is 6.87. The van der Waals surface area contributed by atoms with Gasteiger partial charge in [-0.1, -0.05) is 36.0 Å². The van der Waals surface area contributed by atoms with Crippen LogP contribution in [0.25, 0.3) is 16.4 Å². The van der Waals surface area contributed by atoms with Crippen molar-refractivity contribution in [1.82, 2.24) is 19.3 Å². The molecule has 0 aliphatic rings. The number of Topliss-reactive ketones (excluding diaryl/α,β-unsaturated/α-hetero) is 1. The van der Waals surface area contributed by atoms with Crippen molar-refractivity contribution in [2.75, 3.05) is 5.75 Å². The van der Waals surface area contributed by atoms with Crippen LogP contribution in [0.3, 0.4) is 0 Å². The Bertz CT molecular complexity index is 1130. The summed E-state index contributed by atoms with van der Waals surface area (Å²) in [4.78, 5) is 14.1. The maximum Gasteiger partial charge on any atom is 0.191 e. The number of aromatic nitrogens is 4. The second kappa shape index (κ2) is 8.39. The first kappa shape index (κ1) is 19.7. The fraction of sp³-hybridized carbons (Fsp3) is 0.227. The van der Waals surface area contributed by atoms with E-state index in [4.69, 9.17) is 0 Å². The second-order valence-electron chi connectivity index (χ2n) is 6.70. The minimum atomic E-state index is 0.105. The van der Waals surface area contributed by atoms with Crippen LogP contribution >= 0.6 is 23.1 Å². The predicted octanol–water partition coefficient (Wildman–Crippen LogP) is 5.41. The van der Waals surface area contributed by atoms with Crippen LogP contribution in [0.4, 0.5) is 0 Å². The van der Waals surface area contributed by atoms with Gasteiger partial charge in [0, 0.05) is 29.2 Å². The number of nitrogens with zero attached hydrogens (tertiary/aromatic N) is 4. The topological polar surface area (TPSA) is 52.7 Å². The van der Waals surface area contributed by atoms with Gasteiger partial charge in [0.1, 0.15) is 0 Å². The van der Waals surface area contributed by atoms with Crippen molar-refractivity contribution in [3.8, 4) is 16.4 Å². The molecule has 0 aliphatic carbocycles. The monoisotopic (exact) mass is 422 g/mol. The number of ketones is 1. The molecule has 5 nitrogen and oxygen atoms in total. The first-order valence-corrected chi connectivity index (χ1v) is 11.3. The summed E-state index contributed by atoms with van der Waals surface area (Å²) in [5.74, 6) is 1.30. The maximum absolute atomic E-state index is 13.0. The molecule has 7 heteroatoms. The molecular weight excluding hydrogens is 400 g/mol. The molecule has 1 aromatic carbocycles. The highest BCUT2D eigenvalue weighted by Crippen LogP contribution is 2.28. The number of benzene rings is 1. The van der Waals surface area contributed by atoms with E-state index in [1.165, 1.54) is 11.8 Å². The van der Waals surface area contributed by atoms with E-state index in [1.54, 1.807) is 11.3 Å². The second-order valence-corrected chi connectivity index (χ2v) is 8.59. The third kappa shape index (κ3) is 3.80. The molecule has 3 heterocycles. The molecule has 29 heavy (non-hydrogen) atoms. The number of carbonyl (C=O) groups is 1. The standard InChI is InChI=1S/C22H22N4OS2/c1-4-25-21(20-11-8-12-28-20)23-24-22(25)29-14-19(27)18-13-15(2)26(16(18)3)17-9-6-5-7-10-17/h5-13H,4,14H2,1-3H3. The van der Waals surface area contributed by atoms with Crippen molar-refractivity contribution < 1.29 is 4.79 Å². The van der Waals surface area contributed by atoms with Gasteiger partial charge in [0.05, 0.1) is 10.6 Å². The zero-order valence-electron chi connectivity index (χ0n) is 16.6. The van der Waals surface area contributed by atoms with Crippen LogP contribution in [0.15, 0.2) is 59.1 Å². The Morgan fingerprint density at radius 2 is 1.90 bits per heavy atom. The summed E-state index contributed by atoms with van der Waals surface area (Å²) >= 11 is 3.09. The molecular formula is C22H22N4OS2. The van der Waals surface area contributed by atoms with E-state index >= 15 is 0 Å². The van der Waals surface area contributed by atoms with Crippen LogP contribution in [0.2, 0.25) is 0 Å². The summed E-state index contributed by atoms with van der Waals surface area (Å²) < 4.78 is 4.19. The van der Waals surface area contributed by atoms with Crippen molar-refractivity contribution in [2.24, 2.45) is 0 Å². The normalized spacial score (nSPS) is 11.1. The van der Waals surface area contributed by atoms with E-state index in [9.17, 15) is 4.79 Å². The Labute approximate surface area is 178 Å². The van der Waals surface area contributed by atoms with Gasteiger partial charge >= 0.3 is 0 Å². The highest BCUT2D eigenvalue weighted by Gasteiger charge is 2.19. The van der Waals surface area contributed by atoms with Crippen LogP contribution in [0.1, 0.15) is 28.7 Å². The van der Waals surface area contributed by atoms with Crippen LogP contribution in [0, 0.1) is 13.8 Å². The lowest BCUT2D eigenvalue weighted by Crippen LogP contribution is -2.07. The van der Waals surface area contributed by atoms with E-state index in [-0.39, 0.29) is 5.78 Å². The molecule has 0 unspecified atom stereocenters. The average molecular weight is 423 g/mol. The number of rotatable bonds is 7. The fourth-order valence-corrected chi connectivity index (χ4v) is 5.10. The largest absolute Gasteiger partial charge is 0.318 e. The van der Waals surface area contributed by atoms with Gasteiger partial charge < -0.3 is 9.13 Å². The lowest BCUT2D eigenvalue weighted by atomic mass is 10.2. The summed E-state index contributed by atoms with van der Waals surface area (Å²) in [6, 6.07) is 16.1. The lowest BCUT2D eigenvalue weighted by Gasteiger charge is -2.09. The lowest BCUT2D eigenvalue weighted by molar-refractivity contribution is 0.102. The third-order valence-corrected chi connectivity index (χ3v) is 6.69. The molecule has 0 bridgehead atoms. The summed E-state index contributed by atoms with van der Waals surface area (Å²) in [6.07, 6.45) is 0. The number of para-hydroxylation sites is 1. The molecule has 0 saturated carbocycles. The molecule has 0 amide bonds. The fourth-order valence-electron chi connectivity index (χ4n) is 3.50. The van der Waals surface area contributed by atoms with Gasteiger partial charge in [-0.25, -0.2) is 0 Å². The molecule has 3 aromatic heterocycles. The predicted molar refractivity (Wildman–Crippen MR) is 119 cm³/mol. The number of carbonyl (C=O) groups excluding carboxylic acids is 1. The summed E-state index contributed by atoms with van der Waals surface area (Å²) in [7, 11) is 0. The van der Waals surface area contributed by atoms with Crippen molar-refractivity contribution >= 4 is 28.9 Å². The Morgan fingerprint density at radius 1 is 1.10 bits per heavy atom. The maximum atomic E-state index is 13.0. The van der Waals surface area contributed by atoms with Crippen LogP contribution < -0.4 is 0 Å². The average Bonchev–Trinajstić information content (AvgIpc) is 3.45. The molecule has 148 valence electrons. The molecule has 0 spiro atoms. The zero-order valence-corrected chi connectivity index (χ0v) is 18.3. The van der Waals surface area contributed by atoms with Gasteiger partial charge in [-0.2, -0.15) is 0 Å². The Hall–Kier alpha value is -2.64. The molecule has 0 N–H and O–H groups in total. The van der Waals surface area contributed by atoms with Crippen molar-refractivity contribution in [3.63, 3.8) is 0 Å². The molecule has 0 aliphatic heterocycles. The number of thiophene rings is 1. The highest BCUT2D eigenvalue weighted by molar-refractivity contribution is 7.99. The van der Waals surface area contributed by atoms with Crippen LogP contribution in [-0.4, -0.2) is 30.9 Å². The minimum Gasteiger partial charge on any atom is -0.318 e. The molecule has 0 atom stereocenters. The zero-order chi connectivity index (χ0) is 20.4. The van der Waals surface area contributed by atoms with Crippen LogP contribution in [-0.2, 0) is 6.54 Å². The summed E-state index contributed by atoms with van der Waals surface area (Å²) in [5, 5.41) is 11.5. The number of hydrogen-bond donors (Lipinski definition) is 0. The quantitative estimate of drug-likeness (QED) is 0.295. The van der Waals surface area contributed by atoms with E-state index < -0.39 is 0 Å². The molecule has 0 saturated heterocycles. The van der Waals surface area contributed by atoms with Crippen molar-refractivity contribution in [3.05, 3.63) is 70.9 Å².